The summed E-state index contributed by atoms with van der Waals surface area (Å²) in [6.45, 7) is 4.92. The van der Waals surface area contributed by atoms with Crippen molar-refractivity contribution in [3.05, 3.63) is 95.1 Å². The third-order valence-electron chi connectivity index (χ3n) is 5.86. The first-order valence-electron chi connectivity index (χ1n) is 11.2. The fourth-order valence-corrected chi connectivity index (χ4v) is 4.23. The zero-order valence-electron chi connectivity index (χ0n) is 19.3. The van der Waals surface area contributed by atoms with Gasteiger partial charge in [0.2, 0.25) is 0 Å². The Morgan fingerprint density at radius 3 is 2.39 bits per heavy atom. The van der Waals surface area contributed by atoms with Crippen LogP contribution in [0.15, 0.2) is 77.8 Å². The molecule has 3 aromatic rings. The number of carbonyl (C=O) groups excluding carboxylic acids is 1. The Balaban J connectivity index is 1.74. The number of nitrogens with zero attached hydrogens (tertiary/aromatic N) is 2. The lowest BCUT2D eigenvalue weighted by atomic mass is 9.93. The molecule has 0 saturated carbocycles. The summed E-state index contributed by atoms with van der Waals surface area (Å²) in [4.78, 5) is 19.1. The first-order chi connectivity index (χ1) is 15.9. The summed E-state index contributed by atoms with van der Waals surface area (Å²) < 4.78 is 5.35. The molecule has 0 unspecified atom stereocenters. The summed E-state index contributed by atoms with van der Waals surface area (Å²) >= 11 is 6.30. The Hall–Kier alpha value is -3.11. The van der Waals surface area contributed by atoms with Crippen molar-refractivity contribution < 1.29 is 9.53 Å². The van der Waals surface area contributed by atoms with Crippen LogP contribution in [0.5, 0.6) is 5.75 Å². The van der Waals surface area contributed by atoms with Gasteiger partial charge in [-0.05, 0) is 80.3 Å². The number of aliphatic imine (C=N–C) groups is 1. The van der Waals surface area contributed by atoms with Crippen LogP contribution < -0.4 is 9.64 Å². The van der Waals surface area contributed by atoms with E-state index in [4.69, 9.17) is 21.3 Å². The second kappa shape index (κ2) is 9.80. The Labute approximate surface area is 200 Å². The number of benzene rings is 3. The van der Waals surface area contributed by atoms with Gasteiger partial charge in [0.05, 0.1) is 13.7 Å². The number of aryl methyl sites for hydroxylation is 1. The summed E-state index contributed by atoms with van der Waals surface area (Å²) in [5.41, 5.74) is 5.08. The van der Waals surface area contributed by atoms with Gasteiger partial charge in [-0.15, -0.1) is 11.6 Å². The van der Waals surface area contributed by atoms with Crippen molar-refractivity contribution in [1.29, 1.82) is 0 Å². The average Bonchev–Trinajstić information content (AvgIpc) is 2.84. The molecular weight excluding hydrogens is 432 g/mol. The highest BCUT2D eigenvalue weighted by molar-refractivity contribution is 6.37. The van der Waals surface area contributed by atoms with Crippen molar-refractivity contribution >= 4 is 28.9 Å². The van der Waals surface area contributed by atoms with Crippen molar-refractivity contribution in [2.45, 2.75) is 38.1 Å². The molecule has 0 fully saturated rings. The van der Waals surface area contributed by atoms with Crippen LogP contribution in [0.4, 0.5) is 5.69 Å². The van der Waals surface area contributed by atoms with E-state index >= 15 is 0 Å². The molecule has 0 spiro atoms. The van der Waals surface area contributed by atoms with Crippen LogP contribution in [0.1, 0.15) is 47.3 Å². The fraction of sp³-hybridized carbons (Fsp3) is 0.286. The molecule has 0 radical (unpaired) electrons. The van der Waals surface area contributed by atoms with Gasteiger partial charge in [0.15, 0.2) is 5.78 Å². The van der Waals surface area contributed by atoms with Crippen LogP contribution in [0, 0.1) is 0 Å². The molecule has 0 aromatic heterocycles. The molecule has 1 heterocycles. The lowest BCUT2D eigenvalue weighted by Crippen LogP contribution is -2.36. The van der Waals surface area contributed by atoms with Crippen molar-refractivity contribution in [1.82, 2.24) is 0 Å². The van der Waals surface area contributed by atoms with Crippen molar-refractivity contribution in [3.63, 3.8) is 0 Å². The number of hydrogen-bond donors (Lipinski definition) is 0. The zero-order chi connectivity index (χ0) is 23.4. The second-order valence-corrected chi connectivity index (χ2v) is 9.70. The summed E-state index contributed by atoms with van der Waals surface area (Å²) in [5, 5.41) is 0. The smallest absolute Gasteiger partial charge is 0.183 e. The quantitative estimate of drug-likeness (QED) is 0.188. The molecule has 0 amide bonds. The van der Waals surface area contributed by atoms with Crippen molar-refractivity contribution in [2.75, 3.05) is 18.6 Å². The zero-order valence-corrected chi connectivity index (χ0v) is 20.1. The van der Waals surface area contributed by atoms with Crippen LogP contribution in [0.2, 0.25) is 0 Å². The molecular formula is C28H29ClN2O2. The first-order valence-corrected chi connectivity index (χ1v) is 11.6. The van der Waals surface area contributed by atoms with E-state index in [0.717, 1.165) is 53.3 Å². The van der Waals surface area contributed by atoms with Gasteiger partial charge in [0.1, 0.15) is 16.5 Å². The van der Waals surface area contributed by atoms with Gasteiger partial charge in [0.25, 0.3) is 0 Å². The topological polar surface area (TPSA) is 41.9 Å². The highest BCUT2D eigenvalue weighted by Gasteiger charge is 2.28. The van der Waals surface area contributed by atoms with Gasteiger partial charge >= 0.3 is 0 Å². The predicted octanol–water partition coefficient (Wildman–Crippen LogP) is 6.29. The number of anilines is 1. The molecule has 33 heavy (non-hydrogen) atoms. The maximum Gasteiger partial charge on any atom is 0.183 e. The van der Waals surface area contributed by atoms with E-state index in [9.17, 15) is 4.79 Å². The molecule has 5 heteroatoms. The second-order valence-electron chi connectivity index (χ2n) is 8.75. The molecule has 1 aliphatic heterocycles. The van der Waals surface area contributed by atoms with E-state index < -0.39 is 4.87 Å². The number of rotatable bonds is 6. The van der Waals surface area contributed by atoms with Crippen LogP contribution in [0.25, 0.3) is 0 Å². The van der Waals surface area contributed by atoms with E-state index in [1.54, 1.807) is 21.0 Å². The Morgan fingerprint density at radius 2 is 1.73 bits per heavy atom. The number of amidine groups is 1. The van der Waals surface area contributed by atoms with Gasteiger partial charge in [-0.25, -0.2) is 0 Å². The highest BCUT2D eigenvalue weighted by Crippen LogP contribution is 2.32. The number of halogens is 1. The molecule has 0 aliphatic carbocycles. The standard InChI is InChI=1S/C28H29ClN2O2/c1-28(2,29)26(32)23-13-16-25-22(18-23)10-7-17-31(25)27(21-11-14-24(33-3)15-12-21)30-19-20-8-5-4-6-9-20/h4-6,8-9,11-16,18H,7,10,17,19H2,1-3H3/b30-27-. The van der Waals surface area contributed by atoms with Crippen LogP contribution in [-0.4, -0.2) is 30.1 Å². The van der Waals surface area contributed by atoms with Crippen LogP contribution in [0.3, 0.4) is 0 Å². The van der Waals surface area contributed by atoms with Crippen LogP contribution in [-0.2, 0) is 13.0 Å². The number of Topliss-reactive ketones (excluding diaryl/α,β-unsaturated/α-hetero) is 1. The first kappa shape index (κ1) is 23.1. The number of alkyl halides is 1. The number of carbonyl (C=O) groups is 1. The average molecular weight is 461 g/mol. The normalized spacial score (nSPS) is 14.1. The summed E-state index contributed by atoms with van der Waals surface area (Å²) in [7, 11) is 1.67. The SMILES string of the molecule is COc1ccc(/C(=N/Cc2ccccc2)N2CCCc3cc(C(=O)C(C)(C)Cl)ccc32)cc1. The summed E-state index contributed by atoms with van der Waals surface area (Å²) in [6.07, 6.45) is 1.90. The highest BCUT2D eigenvalue weighted by atomic mass is 35.5. The van der Waals surface area contributed by atoms with Crippen molar-refractivity contribution in [3.8, 4) is 5.75 Å². The monoisotopic (exact) mass is 460 g/mol. The number of hydrogen-bond acceptors (Lipinski definition) is 3. The molecule has 0 atom stereocenters. The fourth-order valence-electron chi connectivity index (χ4n) is 4.12. The third kappa shape index (κ3) is 5.28. The minimum atomic E-state index is -0.923. The molecule has 0 bridgehead atoms. The van der Waals surface area contributed by atoms with Crippen LogP contribution >= 0.6 is 11.6 Å². The molecule has 0 saturated heterocycles. The van der Waals surface area contributed by atoms with E-state index in [-0.39, 0.29) is 5.78 Å². The number of ketones is 1. The number of methoxy groups -OCH3 is 1. The lowest BCUT2D eigenvalue weighted by Gasteiger charge is -2.33. The van der Waals surface area contributed by atoms with Gasteiger partial charge in [-0.1, -0.05) is 30.3 Å². The Bertz CT molecular complexity index is 1150. The van der Waals surface area contributed by atoms with Gasteiger partial charge < -0.3 is 9.64 Å². The molecule has 170 valence electrons. The molecule has 4 nitrogen and oxygen atoms in total. The largest absolute Gasteiger partial charge is 0.497 e. The minimum absolute atomic E-state index is 0.0581. The number of fused-ring (bicyclic) bond motifs is 1. The van der Waals surface area contributed by atoms with Gasteiger partial charge in [-0.3, -0.25) is 9.79 Å². The molecule has 0 N–H and O–H groups in total. The molecule has 1 aliphatic rings. The lowest BCUT2D eigenvalue weighted by molar-refractivity contribution is 0.0954. The Kier molecular flexibility index (Phi) is 6.85. The van der Waals surface area contributed by atoms with E-state index in [1.807, 2.05) is 60.7 Å². The maximum absolute atomic E-state index is 12.7. The third-order valence-corrected chi connectivity index (χ3v) is 6.03. The summed E-state index contributed by atoms with van der Waals surface area (Å²) in [6, 6.07) is 24.2. The maximum atomic E-state index is 12.7. The predicted molar refractivity (Wildman–Crippen MR) is 136 cm³/mol. The number of ether oxygens (including phenoxy) is 1. The van der Waals surface area contributed by atoms with Crippen molar-refractivity contribution in [2.24, 2.45) is 4.99 Å². The molecule has 3 aromatic carbocycles. The Morgan fingerprint density at radius 1 is 1.03 bits per heavy atom. The van der Waals surface area contributed by atoms with E-state index in [0.29, 0.717) is 12.1 Å². The van der Waals surface area contributed by atoms with Gasteiger partial charge in [0, 0.05) is 23.4 Å². The van der Waals surface area contributed by atoms with E-state index in [2.05, 4.69) is 17.0 Å². The van der Waals surface area contributed by atoms with E-state index in [1.165, 1.54) is 0 Å². The minimum Gasteiger partial charge on any atom is -0.497 e. The molecule has 4 rings (SSSR count). The van der Waals surface area contributed by atoms with Gasteiger partial charge in [-0.2, -0.15) is 0 Å². The summed E-state index contributed by atoms with van der Waals surface area (Å²) in [5.74, 6) is 1.67.